The first-order valence-electron chi connectivity index (χ1n) is 13.8. The summed E-state index contributed by atoms with van der Waals surface area (Å²) in [6.45, 7) is 5.18. The third-order valence-electron chi connectivity index (χ3n) is 7.45. The van der Waals surface area contributed by atoms with Crippen LogP contribution in [0.5, 0.6) is 5.75 Å². The average molecular weight is 675 g/mol. The predicted molar refractivity (Wildman–Crippen MR) is 176 cm³/mol. The molecule has 0 spiro atoms. The number of hydrogen-bond donors (Lipinski definition) is 1. The van der Waals surface area contributed by atoms with Gasteiger partial charge in [-0.1, -0.05) is 23.2 Å². The van der Waals surface area contributed by atoms with Crippen molar-refractivity contribution in [1.82, 2.24) is 19.5 Å². The van der Waals surface area contributed by atoms with Gasteiger partial charge in [-0.15, -0.1) is 11.3 Å². The number of pyridine rings is 2. The smallest absolute Gasteiger partial charge is 0.338 e. The van der Waals surface area contributed by atoms with Gasteiger partial charge < -0.3 is 9.84 Å². The topological polar surface area (TPSA) is 131 Å². The molecule has 4 aromatic heterocycles. The highest BCUT2D eigenvalue weighted by molar-refractivity contribution is 7.18. The molecule has 0 fully saturated rings. The standard InChI is InChI=1S/C33H22Cl2FN5O4S/c1-15-10-21(31-30(38-15)24(14-46-31)33(43)44)20-11-19(35)5-7-26(20)45-9-8-41-17(3)40-28-16(2)39-29(23(13-37)27(28)32(41)42)22-12-18(34)4-6-25(22)36/h4-7,10-12,14H,8-9H2,1-3H3,(H,43,44). The Labute approximate surface area is 275 Å². The minimum atomic E-state index is -1.07. The fraction of sp³-hybridized carbons (Fsp3) is 0.152. The van der Waals surface area contributed by atoms with Crippen LogP contribution < -0.4 is 10.3 Å². The molecule has 0 amide bonds. The number of fused-ring (bicyclic) bond motifs is 2. The lowest BCUT2D eigenvalue weighted by Gasteiger charge is -2.16. The SMILES string of the molecule is Cc1cc(-c2cc(Cl)ccc2OCCn2c(C)nc3c(C)nc(-c4cc(Cl)ccc4F)c(C#N)c3c2=O)c2scc(C(=O)O)c2n1. The summed E-state index contributed by atoms with van der Waals surface area (Å²) in [5, 5.41) is 22.0. The summed E-state index contributed by atoms with van der Waals surface area (Å²) in [7, 11) is 0. The van der Waals surface area contributed by atoms with Gasteiger partial charge >= 0.3 is 5.97 Å². The van der Waals surface area contributed by atoms with Gasteiger partial charge in [-0.25, -0.2) is 19.2 Å². The summed E-state index contributed by atoms with van der Waals surface area (Å²) in [6.07, 6.45) is 0. The summed E-state index contributed by atoms with van der Waals surface area (Å²) in [6, 6.07) is 12.9. The largest absolute Gasteiger partial charge is 0.491 e. The Morgan fingerprint density at radius 2 is 1.74 bits per heavy atom. The number of nitrogens with zero attached hydrogens (tertiary/aromatic N) is 5. The van der Waals surface area contributed by atoms with Crippen molar-refractivity contribution >= 4 is 61.6 Å². The first-order valence-corrected chi connectivity index (χ1v) is 15.4. The molecular weight excluding hydrogens is 652 g/mol. The van der Waals surface area contributed by atoms with E-state index in [1.165, 1.54) is 34.1 Å². The van der Waals surface area contributed by atoms with E-state index in [9.17, 15) is 24.3 Å². The van der Waals surface area contributed by atoms with Gasteiger partial charge in [0.25, 0.3) is 5.56 Å². The minimum absolute atomic E-state index is 0.000786. The van der Waals surface area contributed by atoms with Crippen LogP contribution in [0, 0.1) is 37.9 Å². The zero-order valence-electron chi connectivity index (χ0n) is 24.5. The molecule has 0 atom stereocenters. The number of aromatic carboxylic acids is 1. The predicted octanol–water partition coefficient (Wildman–Crippen LogP) is 7.76. The molecule has 0 radical (unpaired) electrons. The Kier molecular flexibility index (Phi) is 8.20. The Bertz CT molecular complexity index is 2350. The minimum Gasteiger partial charge on any atom is -0.491 e. The Morgan fingerprint density at radius 1 is 1.02 bits per heavy atom. The van der Waals surface area contributed by atoms with Gasteiger partial charge in [0.15, 0.2) is 0 Å². The van der Waals surface area contributed by atoms with Gasteiger partial charge in [0.05, 0.1) is 44.7 Å². The summed E-state index contributed by atoms with van der Waals surface area (Å²) in [5.41, 5.74) is 2.44. The number of nitriles is 1. The number of thiophene rings is 1. The van der Waals surface area contributed by atoms with Gasteiger partial charge in [0, 0.05) is 37.8 Å². The lowest BCUT2D eigenvalue weighted by Crippen LogP contribution is -2.27. The van der Waals surface area contributed by atoms with E-state index < -0.39 is 17.3 Å². The summed E-state index contributed by atoms with van der Waals surface area (Å²) in [4.78, 5) is 39.2. The molecule has 2 aromatic carbocycles. The van der Waals surface area contributed by atoms with Crippen molar-refractivity contribution in [3.05, 3.63) is 102 Å². The highest BCUT2D eigenvalue weighted by Gasteiger charge is 2.23. The molecule has 6 rings (SSSR count). The number of aryl methyl sites for hydroxylation is 3. The van der Waals surface area contributed by atoms with Crippen LogP contribution in [0.15, 0.2) is 52.6 Å². The van der Waals surface area contributed by atoms with Crippen LogP contribution in [-0.4, -0.2) is 37.2 Å². The molecule has 1 N–H and O–H groups in total. The molecule has 0 aliphatic rings. The molecule has 9 nitrogen and oxygen atoms in total. The maximum absolute atomic E-state index is 14.8. The fourth-order valence-electron chi connectivity index (χ4n) is 5.36. The van der Waals surface area contributed by atoms with Crippen molar-refractivity contribution < 1.29 is 19.0 Å². The third kappa shape index (κ3) is 5.45. The van der Waals surface area contributed by atoms with Crippen LogP contribution >= 0.6 is 34.5 Å². The number of rotatable bonds is 7. The number of carbonyl (C=O) groups is 1. The van der Waals surface area contributed by atoms with Crippen LogP contribution in [0.2, 0.25) is 10.0 Å². The molecule has 13 heteroatoms. The van der Waals surface area contributed by atoms with Crippen LogP contribution in [-0.2, 0) is 6.54 Å². The van der Waals surface area contributed by atoms with E-state index in [0.717, 1.165) is 0 Å². The van der Waals surface area contributed by atoms with Crippen molar-refractivity contribution in [2.75, 3.05) is 6.61 Å². The molecule has 230 valence electrons. The quantitative estimate of drug-likeness (QED) is 0.182. The van der Waals surface area contributed by atoms with Crippen molar-refractivity contribution in [3.63, 3.8) is 0 Å². The van der Waals surface area contributed by atoms with E-state index in [2.05, 4.69) is 15.0 Å². The molecule has 0 saturated heterocycles. The van der Waals surface area contributed by atoms with Gasteiger partial charge in [-0.3, -0.25) is 14.3 Å². The van der Waals surface area contributed by atoms with Crippen LogP contribution in [0.25, 0.3) is 43.5 Å². The van der Waals surface area contributed by atoms with E-state index in [-0.39, 0.29) is 51.5 Å². The third-order valence-corrected chi connectivity index (χ3v) is 8.92. The van der Waals surface area contributed by atoms with E-state index in [4.69, 9.17) is 27.9 Å². The molecule has 46 heavy (non-hydrogen) atoms. The summed E-state index contributed by atoms with van der Waals surface area (Å²) < 4.78 is 23.1. The normalized spacial score (nSPS) is 11.2. The lowest BCUT2D eigenvalue weighted by atomic mass is 10.0. The van der Waals surface area contributed by atoms with E-state index in [1.54, 1.807) is 44.4 Å². The number of carboxylic acids is 1. The fourth-order valence-corrected chi connectivity index (χ4v) is 6.72. The number of aromatic nitrogens is 4. The Hall–Kier alpha value is -4.89. The zero-order chi connectivity index (χ0) is 32.9. The monoisotopic (exact) mass is 673 g/mol. The zero-order valence-corrected chi connectivity index (χ0v) is 26.8. The van der Waals surface area contributed by atoms with Crippen molar-refractivity contribution in [3.8, 4) is 34.2 Å². The molecule has 0 aliphatic carbocycles. The highest BCUT2D eigenvalue weighted by atomic mass is 35.5. The second-order valence-electron chi connectivity index (χ2n) is 10.4. The van der Waals surface area contributed by atoms with E-state index in [1.807, 2.05) is 12.1 Å². The second-order valence-corrected chi connectivity index (χ2v) is 12.2. The van der Waals surface area contributed by atoms with Crippen molar-refractivity contribution in [2.24, 2.45) is 0 Å². The van der Waals surface area contributed by atoms with E-state index >= 15 is 0 Å². The summed E-state index contributed by atoms with van der Waals surface area (Å²) in [5.74, 6) is -0.877. The first-order chi connectivity index (χ1) is 22.0. The van der Waals surface area contributed by atoms with Gasteiger partial charge in [-0.2, -0.15) is 5.26 Å². The molecular formula is C33H22Cl2FN5O4S. The molecule has 0 aliphatic heterocycles. The van der Waals surface area contributed by atoms with Crippen molar-refractivity contribution in [2.45, 2.75) is 27.3 Å². The van der Waals surface area contributed by atoms with Gasteiger partial charge in [0.1, 0.15) is 35.6 Å². The molecule has 0 bridgehead atoms. The maximum atomic E-state index is 14.8. The number of hydrogen-bond acceptors (Lipinski definition) is 8. The van der Waals surface area contributed by atoms with Gasteiger partial charge in [0.2, 0.25) is 0 Å². The number of carboxylic acid groups (broad SMARTS) is 1. The Balaban J connectivity index is 1.40. The highest BCUT2D eigenvalue weighted by Crippen LogP contribution is 2.40. The Morgan fingerprint density at radius 3 is 2.46 bits per heavy atom. The average Bonchev–Trinajstić information content (AvgIpc) is 3.44. The maximum Gasteiger partial charge on any atom is 0.338 e. The molecule has 4 heterocycles. The second kappa shape index (κ2) is 12.1. The van der Waals surface area contributed by atoms with E-state index in [0.29, 0.717) is 49.3 Å². The molecule has 0 unspecified atom stereocenters. The van der Waals surface area contributed by atoms with Crippen LogP contribution in [0.1, 0.15) is 33.1 Å². The molecule has 0 saturated carbocycles. The summed E-state index contributed by atoms with van der Waals surface area (Å²) >= 11 is 13.8. The van der Waals surface area contributed by atoms with Crippen LogP contribution in [0.3, 0.4) is 0 Å². The van der Waals surface area contributed by atoms with Gasteiger partial charge in [-0.05, 0) is 63.2 Å². The number of ether oxygens (including phenoxy) is 1. The number of halogens is 3. The van der Waals surface area contributed by atoms with Crippen LogP contribution in [0.4, 0.5) is 4.39 Å². The van der Waals surface area contributed by atoms with Crippen molar-refractivity contribution in [1.29, 1.82) is 5.26 Å². The number of benzene rings is 2. The lowest BCUT2D eigenvalue weighted by molar-refractivity contribution is 0.0699. The molecule has 6 aromatic rings. The first kappa shape index (κ1) is 31.1.